The monoisotopic (exact) mass is 322 g/mol. The highest BCUT2D eigenvalue weighted by Crippen LogP contribution is 2.46. The average molecular weight is 322 g/mol. The van der Waals surface area contributed by atoms with Gasteiger partial charge in [-0.15, -0.1) is 0 Å². The predicted molar refractivity (Wildman–Crippen MR) is 90.0 cm³/mol. The lowest BCUT2D eigenvalue weighted by atomic mass is 9.87. The zero-order valence-electron chi connectivity index (χ0n) is 13.6. The molecule has 2 aromatic heterocycles. The molecule has 6 heteroatoms. The minimum absolute atomic E-state index is 0.111. The zero-order valence-corrected chi connectivity index (χ0v) is 13.6. The smallest absolute Gasteiger partial charge is 0.256 e. The summed E-state index contributed by atoms with van der Waals surface area (Å²) in [7, 11) is 0. The molecule has 0 spiro atoms. The first-order valence-electron chi connectivity index (χ1n) is 8.04. The summed E-state index contributed by atoms with van der Waals surface area (Å²) < 4.78 is 0. The summed E-state index contributed by atoms with van der Waals surface area (Å²) >= 11 is 0. The molecule has 6 nitrogen and oxygen atoms in total. The van der Waals surface area contributed by atoms with Gasteiger partial charge in [0.25, 0.3) is 5.91 Å². The number of anilines is 2. The van der Waals surface area contributed by atoms with Gasteiger partial charge in [-0.2, -0.15) is 0 Å². The first-order chi connectivity index (χ1) is 11.5. The topological polar surface area (TPSA) is 75.2 Å². The van der Waals surface area contributed by atoms with Gasteiger partial charge in [0.2, 0.25) is 5.91 Å². The Kier molecular flexibility index (Phi) is 3.16. The van der Waals surface area contributed by atoms with Gasteiger partial charge in [-0.3, -0.25) is 14.6 Å². The second-order valence-electron chi connectivity index (χ2n) is 6.81. The van der Waals surface area contributed by atoms with Crippen molar-refractivity contribution in [2.45, 2.75) is 38.1 Å². The van der Waals surface area contributed by atoms with Gasteiger partial charge in [0.05, 0.1) is 11.1 Å². The molecule has 24 heavy (non-hydrogen) atoms. The molecule has 0 radical (unpaired) electrons. The molecule has 122 valence electrons. The van der Waals surface area contributed by atoms with Crippen molar-refractivity contribution in [2.75, 3.05) is 10.2 Å². The third-order valence-electron chi connectivity index (χ3n) is 4.66. The normalized spacial score (nSPS) is 18.4. The molecule has 0 unspecified atom stereocenters. The molecule has 1 saturated carbocycles. The van der Waals surface area contributed by atoms with E-state index in [2.05, 4.69) is 15.3 Å². The summed E-state index contributed by atoms with van der Waals surface area (Å²) in [5, 5.41) is 2.79. The molecule has 1 aliphatic heterocycles. The van der Waals surface area contributed by atoms with E-state index in [1.807, 2.05) is 18.7 Å². The third kappa shape index (κ3) is 2.26. The Morgan fingerprint density at radius 2 is 2.00 bits per heavy atom. The van der Waals surface area contributed by atoms with Crippen LogP contribution in [0.2, 0.25) is 0 Å². The minimum atomic E-state index is -0.571. The Hall–Kier alpha value is -2.76. The maximum absolute atomic E-state index is 12.7. The molecule has 4 rings (SSSR count). The van der Waals surface area contributed by atoms with Gasteiger partial charge in [-0.1, -0.05) is 0 Å². The maximum Gasteiger partial charge on any atom is 0.256 e. The van der Waals surface area contributed by atoms with Crippen LogP contribution in [-0.4, -0.2) is 27.8 Å². The number of rotatable bonds is 3. The van der Waals surface area contributed by atoms with Gasteiger partial charge in [0.1, 0.15) is 5.82 Å². The number of nitrogens with one attached hydrogen (secondary N) is 1. The van der Waals surface area contributed by atoms with E-state index in [1.54, 1.807) is 36.8 Å². The highest BCUT2D eigenvalue weighted by Gasteiger charge is 2.49. The summed E-state index contributed by atoms with van der Waals surface area (Å²) in [6, 6.07) is 5.38. The second kappa shape index (κ2) is 5.12. The summed E-state index contributed by atoms with van der Waals surface area (Å²) in [5.74, 6) is 0.317. The van der Waals surface area contributed by atoms with Gasteiger partial charge < -0.3 is 10.2 Å². The molecule has 0 atom stereocenters. The Morgan fingerprint density at radius 1 is 1.29 bits per heavy atom. The Bertz CT molecular complexity index is 828. The molecule has 2 aliphatic rings. The lowest BCUT2D eigenvalue weighted by molar-refractivity contribution is -0.122. The highest BCUT2D eigenvalue weighted by atomic mass is 16.2. The summed E-state index contributed by atoms with van der Waals surface area (Å²) in [6.45, 7) is 3.85. The van der Waals surface area contributed by atoms with Crippen LogP contribution in [0.25, 0.3) is 0 Å². The van der Waals surface area contributed by atoms with E-state index in [-0.39, 0.29) is 17.9 Å². The summed E-state index contributed by atoms with van der Waals surface area (Å²) in [6.07, 6.45) is 6.91. The molecular formula is C18H18N4O2. The van der Waals surface area contributed by atoms with E-state index < -0.39 is 5.41 Å². The van der Waals surface area contributed by atoms with E-state index >= 15 is 0 Å². The highest BCUT2D eigenvalue weighted by molar-refractivity contribution is 6.09. The predicted octanol–water partition coefficient (Wildman–Crippen LogP) is 2.52. The van der Waals surface area contributed by atoms with E-state index in [0.717, 1.165) is 24.1 Å². The SMILES string of the molecule is CC1(C)C(=O)N(C2CC2)c2cc(NC(=O)c3ccncc3)ncc21. The molecule has 1 fully saturated rings. The Morgan fingerprint density at radius 3 is 2.67 bits per heavy atom. The van der Waals surface area contributed by atoms with Crippen LogP contribution in [0.1, 0.15) is 42.6 Å². The molecule has 1 N–H and O–H groups in total. The van der Waals surface area contributed by atoms with Crippen molar-refractivity contribution in [3.63, 3.8) is 0 Å². The minimum Gasteiger partial charge on any atom is -0.308 e. The van der Waals surface area contributed by atoms with Crippen LogP contribution in [0.5, 0.6) is 0 Å². The lowest BCUT2D eigenvalue weighted by Crippen LogP contribution is -2.37. The van der Waals surface area contributed by atoms with E-state index in [1.165, 1.54) is 0 Å². The van der Waals surface area contributed by atoms with Gasteiger partial charge in [-0.25, -0.2) is 4.98 Å². The first kappa shape index (κ1) is 14.8. The molecule has 0 saturated heterocycles. The van der Waals surface area contributed by atoms with Crippen LogP contribution in [-0.2, 0) is 10.2 Å². The number of carbonyl (C=O) groups excluding carboxylic acids is 2. The van der Waals surface area contributed by atoms with Gasteiger partial charge in [0.15, 0.2) is 0 Å². The quantitative estimate of drug-likeness (QED) is 0.942. The number of hydrogen-bond donors (Lipinski definition) is 1. The number of aromatic nitrogens is 2. The number of fused-ring (bicyclic) bond motifs is 1. The Labute approximate surface area is 139 Å². The maximum atomic E-state index is 12.7. The largest absolute Gasteiger partial charge is 0.308 e. The zero-order chi connectivity index (χ0) is 16.9. The summed E-state index contributed by atoms with van der Waals surface area (Å²) in [4.78, 5) is 35.1. The number of carbonyl (C=O) groups is 2. The van der Waals surface area contributed by atoms with E-state index in [0.29, 0.717) is 11.4 Å². The molecule has 2 amide bonds. The Balaban J connectivity index is 1.66. The fourth-order valence-electron chi connectivity index (χ4n) is 3.11. The number of amides is 2. The first-order valence-corrected chi connectivity index (χ1v) is 8.04. The summed E-state index contributed by atoms with van der Waals surface area (Å²) in [5.41, 5.74) is 1.73. The van der Waals surface area contributed by atoms with Crippen LogP contribution in [0.3, 0.4) is 0 Å². The number of hydrogen-bond acceptors (Lipinski definition) is 4. The van der Waals surface area contributed by atoms with Gasteiger partial charge in [0, 0.05) is 41.8 Å². The van der Waals surface area contributed by atoms with Gasteiger partial charge >= 0.3 is 0 Å². The fourth-order valence-corrected chi connectivity index (χ4v) is 3.11. The van der Waals surface area contributed by atoms with Crippen molar-refractivity contribution in [3.8, 4) is 0 Å². The number of nitrogens with zero attached hydrogens (tertiary/aromatic N) is 3. The number of pyridine rings is 2. The van der Waals surface area contributed by atoms with E-state index in [4.69, 9.17) is 0 Å². The van der Waals surface area contributed by atoms with Crippen molar-refractivity contribution < 1.29 is 9.59 Å². The van der Waals surface area contributed by atoms with Crippen LogP contribution in [0, 0.1) is 0 Å². The van der Waals surface area contributed by atoms with Crippen molar-refractivity contribution in [2.24, 2.45) is 0 Å². The second-order valence-corrected chi connectivity index (χ2v) is 6.81. The van der Waals surface area contributed by atoms with Crippen molar-refractivity contribution >= 4 is 23.3 Å². The fraction of sp³-hybridized carbons (Fsp3) is 0.333. The average Bonchev–Trinajstić information content (AvgIpc) is 3.38. The van der Waals surface area contributed by atoms with Crippen LogP contribution in [0.15, 0.2) is 36.8 Å². The van der Waals surface area contributed by atoms with Crippen molar-refractivity contribution in [1.29, 1.82) is 0 Å². The van der Waals surface area contributed by atoms with Crippen molar-refractivity contribution in [1.82, 2.24) is 9.97 Å². The molecule has 2 aromatic rings. The van der Waals surface area contributed by atoms with Crippen LogP contribution in [0.4, 0.5) is 11.5 Å². The molecule has 0 aromatic carbocycles. The third-order valence-corrected chi connectivity index (χ3v) is 4.66. The van der Waals surface area contributed by atoms with Crippen molar-refractivity contribution in [3.05, 3.63) is 47.9 Å². The lowest BCUT2D eigenvalue weighted by Gasteiger charge is -2.19. The molecule has 3 heterocycles. The molecular weight excluding hydrogens is 304 g/mol. The standard InChI is InChI=1S/C18H18N4O2/c1-18(2)13-10-20-15(21-16(23)11-5-7-19-8-6-11)9-14(13)22(17(18)24)12-3-4-12/h5-10,12H,3-4H2,1-2H3,(H,20,21,23). The van der Waals surface area contributed by atoms with Crippen LogP contribution < -0.4 is 10.2 Å². The molecule has 0 bridgehead atoms. The van der Waals surface area contributed by atoms with E-state index in [9.17, 15) is 9.59 Å². The van der Waals surface area contributed by atoms with Crippen LogP contribution >= 0.6 is 0 Å². The molecule has 1 aliphatic carbocycles. The van der Waals surface area contributed by atoms with Gasteiger partial charge in [-0.05, 0) is 38.8 Å².